The van der Waals surface area contributed by atoms with Crippen LogP contribution in [-0.2, 0) is 26.2 Å². The molecule has 1 aliphatic carbocycles. The van der Waals surface area contributed by atoms with Crippen LogP contribution in [0.15, 0.2) is 91.2 Å². The third kappa shape index (κ3) is 5.00. The van der Waals surface area contributed by atoms with Gasteiger partial charge < -0.3 is 38.5 Å². The van der Waals surface area contributed by atoms with Gasteiger partial charge in [0.05, 0.1) is 5.52 Å². The molecule has 0 aliphatic heterocycles. The predicted octanol–water partition coefficient (Wildman–Crippen LogP) is -0.186. The molecule has 0 fully saturated rings. The smallest absolute Gasteiger partial charge is 1.00 e. The van der Waals surface area contributed by atoms with Gasteiger partial charge in [0.25, 0.3) is 0 Å². The Morgan fingerprint density at radius 2 is 1.62 bits per heavy atom. The van der Waals surface area contributed by atoms with Crippen LogP contribution in [0.5, 0.6) is 0 Å². The summed E-state index contributed by atoms with van der Waals surface area (Å²) >= 11 is 0. The van der Waals surface area contributed by atoms with Crippen LogP contribution in [0.1, 0.15) is 6.42 Å². The molecule has 0 bridgehead atoms. The van der Waals surface area contributed by atoms with Crippen molar-refractivity contribution in [2.24, 2.45) is 0 Å². The van der Waals surface area contributed by atoms with Gasteiger partial charge in [0, 0.05) is 6.20 Å². The molecule has 0 atom stereocenters. The van der Waals surface area contributed by atoms with E-state index in [1.807, 2.05) is 12.2 Å². The summed E-state index contributed by atoms with van der Waals surface area (Å²) in [6.45, 7) is 0. The summed E-state index contributed by atoms with van der Waals surface area (Å²) in [5.41, 5.74) is 2.49. The second-order valence-corrected chi connectivity index (χ2v) is 5.59. The van der Waals surface area contributed by atoms with Crippen LogP contribution < -0.4 is 34.0 Å². The first kappa shape index (κ1) is 23.0. The zero-order chi connectivity index (χ0) is 15.5. The van der Waals surface area contributed by atoms with Gasteiger partial charge in [-0.15, -0.1) is 47.5 Å². The van der Waals surface area contributed by atoms with Crippen molar-refractivity contribution in [3.63, 3.8) is 0 Å². The van der Waals surface area contributed by atoms with E-state index in [4.69, 9.17) is 0 Å². The summed E-state index contributed by atoms with van der Waals surface area (Å²) in [6, 6.07) is 23.6. The standard InChI is InChI=1S/C17H12N.C5H5.2BrH.Zr/c1-2-7-15-12-16(11-14(15)6-1)18-10-9-13-5-3-4-8-17(13)18;1-2-4-5-3-1;;;/h1-12H;1-3H,4H2;2*1H;/q2*-1;;;+4/p-2. The number of halogens is 2. The molecule has 3 aromatic carbocycles. The molecule has 0 radical (unpaired) electrons. The van der Waals surface area contributed by atoms with Crippen molar-refractivity contribution in [1.29, 1.82) is 0 Å². The summed E-state index contributed by atoms with van der Waals surface area (Å²) < 4.78 is 2.25. The van der Waals surface area contributed by atoms with E-state index >= 15 is 0 Å². The number of hydrogen-bond acceptors (Lipinski definition) is 0. The minimum Gasteiger partial charge on any atom is -1.00 e. The second-order valence-electron chi connectivity index (χ2n) is 5.59. The molecule has 0 N–H and O–H groups in total. The molecule has 5 rings (SSSR count). The summed E-state index contributed by atoms with van der Waals surface area (Å²) in [6.07, 6.45) is 12.1. The number of aromatic nitrogens is 1. The Hall–Kier alpha value is -1.09. The normalized spacial score (nSPS) is 11.2. The third-order valence-electron chi connectivity index (χ3n) is 4.07. The largest absolute Gasteiger partial charge is 4.00 e. The summed E-state index contributed by atoms with van der Waals surface area (Å²) in [5.74, 6) is 0. The van der Waals surface area contributed by atoms with Crippen molar-refractivity contribution in [1.82, 2.24) is 4.57 Å². The molecule has 0 spiro atoms. The molecule has 4 aromatic rings. The molecule has 1 aromatic heterocycles. The van der Waals surface area contributed by atoms with Crippen molar-refractivity contribution in [3.05, 3.63) is 97.2 Å². The molecule has 26 heavy (non-hydrogen) atoms. The molecule has 0 unspecified atom stereocenters. The summed E-state index contributed by atoms with van der Waals surface area (Å²) in [7, 11) is 0. The van der Waals surface area contributed by atoms with Crippen molar-refractivity contribution in [2.45, 2.75) is 6.42 Å². The SMILES string of the molecule is [Br-].[Br-].[C-]1=CC=CC1.[Zr+4].c1ccc2[cH-]c(-n3ccc4ccccc43)cc2c1. The van der Waals surface area contributed by atoms with Gasteiger partial charge in [-0.2, -0.15) is 6.08 Å². The van der Waals surface area contributed by atoms with E-state index in [-0.39, 0.29) is 60.2 Å². The molecule has 0 saturated heterocycles. The van der Waals surface area contributed by atoms with E-state index < -0.39 is 0 Å². The monoisotopic (exact) mass is 543 g/mol. The van der Waals surface area contributed by atoms with E-state index in [2.05, 4.69) is 89.6 Å². The maximum absolute atomic E-state index is 2.99. The first-order valence-corrected chi connectivity index (χ1v) is 7.85. The van der Waals surface area contributed by atoms with Gasteiger partial charge in [-0.3, -0.25) is 6.08 Å². The average molecular weight is 546 g/mol. The van der Waals surface area contributed by atoms with Crippen LogP contribution in [-0.4, -0.2) is 4.57 Å². The van der Waals surface area contributed by atoms with Crippen molar-refractivity contribution in [2.75, 3.05) is 0 Å². The number of nitrogens with zero attached hydrogens (tertiary/aromatic N) is 1. The maximum Gasteiger partial charge on any atom is 4.00 e. The fourth-order valence-electron chi connectivity index (χ4n) is 2.92. The van der Waals surface area contributed by atoms with E-state index in [1.54, 1.807) is 0 Å². The molecule has 4 heteroatoms. The van der Waals surface area contributed by atoms with Crippen LogP contribution in [0.2, 0.25) is 0 Å². The van der Waals surface area contributed by atoms with Gasteiger partial charge in [0.2, 0.25) is 0 Å². The van der Waals surface area contributed by atoms with E-state index in [9.17, 15) is 0 Å². The van der Waals surface area contributed by atoms with E-state index in [1.165, 1.54) is 27.4 Å². The number of hydrogen-bond donors (Lipinski definition) is 0. The molecular formula is C22H17Br2NZr. The van der Waals surface area contributed by atoms with E-state index in [0.717, 1.165) is 6.42 Å². The van der Waals surface area contributed by atoms with Crippen molar-refractivity contribution < 1.29 is 60.2 Å². The quantitative estimate of drug-likeness (QED) is 0.292. The fourth-order valence-corrected chi connectivity index (χ4v) is 2.92. The fraction of sp³-hybridized carbons (Fsp3) is 0.0455. The van der Waals surface area contributed by atoms with Gasteiger partial charge in [0.15, 0.2) is 0 Å². The predicted molar refractivity (Wildman–Crippen MR) is 97.9 cm³/mol. The van der Waals surface area contributed by atoms with Gasteiger partial charge in [-0.1, -0.05) is 24.3 Å². The van der Waals surface area contributed by atoms with Gasteiger partial charge in [0.1, 0.15) is 0 Å². The first-order valence-electron chi connectivity index (χ1n) is 7.85. The summed E-state index contributed by atoms with van der Waals surface area (Å²) in [5, 5.41) is 3.87. The zero-order valence-corrected chi connectivity index (χ0v) is 19.7. The Bertz CT molecular complexity index is 968. The molecule has 128 valence electrons. The number of benzene rings is 2. The molecule has 1 heterocycles. The molecular weight excluding hydrogens is 529 g/mol. The number of allylic oxidation sites excluding steroid dienone is 4. The van der Waals surface area contributed by atoms with Crippen LogP contribution in [0.4, 0.5) is 0 Å². The van der Waals surface area contributed by atoms with Gasteiger partial charge >= 0.3 is 26.2 Å². The number of fused-ring (bicyclic) bond motifs is 2. The molecule has 0 saturated carbocycles. The van der Waals surface area contributed by atoms with Gasteiger partial charge in [-0.05, 0) is 23.2 Å². The molecule has 0 amide bonds. The van der Waals surface area contributed by atoms with E-state index in [0.29, 0.717) is 0 Å². The minimum atomic E-state index is 0. The van der Waals surface area contributed by atoms with Crippen LogP contribution >= 0.6 is 0 Å². The second kappa shape index (κ2) is 10.9. The molecule has 1 nitrogen and oxygen atoms in total. The maximum atomic E-state index is 2.99. The average Bonchev–Trinajstić information content (AvgIpc) is 3.34. The van der Waals surface area contributed by atoms with Crippen LogP contribution in [0, 0.1) is 6.08 Å². The van der Waals surface area contributed by atoms with Crippen LogP contribution in [0.3, 0.4) is 0 Å². The molecule has 1 aliphatic rings. The number of para-hydroxylation sites is 1. The van der Waals surface area contributed by atoms with Gasteiger partial charge in [-0.25, -0.2) is 12.2 Å². The number of rotatable bonds is 1. The van der Waals surface area contributed by atoms with Crippen LogP contribution in [0.25, 0.3) is 27.4 Å². The first-order chi connectivity index (χ1) is 11.4. The Morgan fingerprint density at radius 1 is 0.885 bits per heavy atom. The van der Waals surface area contributed by atoms with Crippen molar-refractivity contribution >= 4 is 21.7 Å². The van der Waals surface area contributed by atoms with Crippen molar-refractivity contribution in [3.8, 4) is 5.69 Å². The Morgan fingerprint density at radius 3 is 2.27 bits per heavy atom. The Kier molecular flexibility index (Phi) is 9.64. The zero-order valence-electron chi connectivity index (χ0n) is 14.1. The topological polar surface area (TPSA) is 4.93 Å². The third-order valence-corrected chi connectivity index (χ3v) is 4.07. The summed E-state index contributed by atoms with van der Waals surface area (Å²) in [4.78, 5) is 0. The minimum absolute atomic E-state index is 0. The Labute approximate surface area is 194 Å². The Balaban J connectivity index is 0.000000372.